The summed E-state index contributed by atoms with van der Waals surface area (Å²) in [6, 6.07) is 17.8. The van der Waals surface area contributed by atoms with E-state index in [1.165, 1.54) is 5.57 Å². The zero-order chi connectivity index (χ0) is 23.8. The van der Waals surface area contributed by atoms with Crippen molar-refractivity contribution < 1.29 is 14.6 Å². The van der Waals surface area contributed by atoms with Gasteiger partial charge in [0, 0.05) is 17.5 Å². The third-order valence-electron chi connectivity index (χ3n) is 5.43. The van der Waals surface area contributed by atoms with Crippen molar-refractivity contribution in [3.63, 3.8) is 0 Å². The molecule has 0 radical (unpaired) electrons. The molecule has 174 valence electrons. The molecule has 0 saturated carbocycles. The number of aliphatic imine (C=N–C) groups is 1. The van der Waals surface area contributed by atoms with E-state index in [2.05, 4.69) is 36.2 Å². The molecule has 2 aromatic carbocycles. The second kappa shape index (κ2) is 11.7. The number of ether oxygens (including phenoxy) is 1. The van der Waals surface area contributed by atoms with Gasteiger partial charge < -0.3 is 20.1 Å². The maximum atomic E-state index is 11.3. The molecule has 7 heteroatoms. The van der Waals surface area contributed by atoms with E-state index >= 15 is 0 Å². The molecule has 0 aromatic heterocycles. The Morgan fingerprint density at radius 1 is 1.18 bits per heavy atom. The van der Waals surface area contributed by atoms with Crippen LogP contribution in [0.15, 0.2) is 70.1 Å². The number of nitrogens with zero attached hydrogens (tertiary/aromatic N) is 2. The number of carbonyl (C=O) groups is 1. The normalized spacial score (nSPS) is 18.2. The molecule has 0 spiro atoms. The highest BCUT2D eigenvalue weighted by atomic mass is 32.2. The summed E-state index contributed by atoms with van der Waals surface area (Å²) in [5, 5.41) is 12.0. The molecule has 1 aliphatic rings. The van der Waals surface area contributed by atoms with Crippen molar-refractivity contribution in [3.8, 4) is 5.75 Å². The Balaban J connectivity index is 1.56. The summed E-state index contributed by atoms with van der Waals surface area (Å²) in [7, 11) is 2.02. The number of allylic oxidation sites excluding steroid dienone is 1. The van der Waals surface area contributed by atoms with Crippen LogP contribution in [0.25, 0.3) is 11.8 Å². The molecule has 0 aliphatic carbocycles. The Labute approximate surface area is 200 Å². The van der Waals surface area contributed by atoms with Gasteiger partial charge in [0.05, 0.1) is 12.2 Å². The SMILES string of the molecule is CCC(C)=C(N=C(C)N(C)CCOc1ccc(C=C2SC(=O)NC2O)cc1)c1ccccc1. The number of hydrogen-bond donors (Lipinski definition) is 2. The van der Waals surface area contributed by atoms with E-state index in [4.69, 9.17) is 9.73 Å². The average molecular weight is 466 g/mol. The first kappa shape index (κ1) is 24.6. The van der Waals surface area contributed by atoms with Crippen molar-refractivity contribution in [3.05, 3.63) is 76.2 Å². The molecule has 1 unspecified atom stereocenters. The van der Waals surface area contributed by atoms with Crippen LogP contribution in [0.3, 0.4) is 0 Å². The van der Waals surface area contributed by atoms with E-state index in [0.717, 1.165) is 46.6 Å². The van der Waals surface area contributed by atoms with Crippen LogP contribution in [0.1, 0.15) is 38.3 Å². The number of thioether (sulfide) groups is 1. The van der Waals surface area contributed by atoms with Crippen molar-refractivity contribution in [1.29, 1.82) is 0 Å². The molecule has 0 bridgehead atoms. The molecule has 1 atom stereocenters. The van der Waals surface area contributed by atoms with Gasteiger partial charge >= 0.3 is 0 Å². The first-order chi connectivity index (χ1) is 15.9. The first-order valence-corrected chi connectivity index (χ1v) is 11.8. The van der Waals surface area contributed by atoms with Crippen LogP contribution >= 0.6 is 11.8 Å². The lowest BCUT2D eigenvalue weighted by molar-refractivity contribution is 0.192. The molecule has 1 heterocycles. The smallest absolute Gasteiger partial charge is 0.285 e. The quantitative estimate of drug-likeness (QED) is 0.405. The number of carbonyl (C=O) groups excluding carboxylic acids is 1. The minimum absolute atomic E-state index is 0.243. The number of hydrogen-bond acceptors (Lipinski definition) is 5. The van der Waals surface area contributed by atoms with Crippen LogP contribution < -0.4 is 10.1 Å². The molecular formula is C26H31N3O3S. The van der Waals surface area contributed by atoms with E-state index in [-0.39, 0.29) is 5.24 Å². The van der Waals surface area contributed by atoms with E-state index in [1.807, 2.05) is 56.4 Å². The maximum Gasteiger partial charge on any atom is 0.285 e. The fraction of sp³-hybridized carbons (Fsp3) is 0.308. The van der Waals surface area contributed by atoms with E-state index in [0.29, 0.717) is 18.1 Å². The van der Waals surface area contributed by atoms with Crippen molar-refractivity contribution in [2.75, 3.05) is 20.2 Å². The van der Waals surface area contributed by atoms with Crippen molar-refractivity contribution in [2.45, 2.75) is 33.4 Å². The molecule has 1 aliphatic heterocycles. The Morgan fingerprint density at radius 3 is 2.48 bits per heavy atom. The van der Waals surface area contributed by atoms with Gasteiger partial charge in [0.2, 0.25) is 0 Å². The monoisotopic (exact) mass is 465 g/mol. The van der Waals surface area contributed by atoms with Gasteiger partial charge in [-0.3, -0.25) is 4.79 Å². The van der Waals surface area contributed by atoms with Gasteiger partial charge in [0.15, 0.2) is 6.23 Å². The number of amidine groups is 1. The summed E-state index contributed by atoms with van der Waals surface area (Å²) in [4.78, 5) is 18.9. The highest BCUT2D eigenvalue weighted by Crippen LogP contribution is 2.28. The number of rotatable bonds is 8. The summed E-state index contributed by atoms with van der Waals surface area (Å²) in [6.07, 6.45) is 1.81. The van der Waals surface area contributed by atoms with Crippen molar-refractivity contribution >= 4 is 34.6 Å². The van der Waals surface area contributed by atoms with Gasteiger partial charge in [-0.25, -0.2) is 4.99 Å². The lowest BCUT2D eigenvalue weighted by Gasteiger charge is -2.20. The molecule has 2 N–H and O–H groups in total. The lowest BCUT2D eigenvalue weighted by atomic mass is 10.1. The standard InChI is InChI=1S/C26H31N3O3S/c1-5-18(2)24(21-9-7-6-8-10-21)27-19(3)29(4)15-16-32-22-13-11-20(12-14-22)17-23-25(30)28-26(31)33-23/h6-14,17,25,30H,5,15-16H2,1-4H3,(H,28,31). The van der Waals surface area contributed by atoms with Crippen molar-refractivity contribution in [1.82, 2.24) is 10.2 Å². The highest BCUT2D eigenvalue weighted by Gasteiger charge is 2.25. The van der Waals surface area contributed by atoms with E-state index < -0.39 is 6.23 Å². The largest absolute Gasteiger partial charge is 0.492 e. The topological polar surface area (TPSA) is 74.2 Å². The zero-order valence-corrected chi connectivity index (χ0v) is 20.4. The Kier molecular flexibility index (Phi) is 8.74. The van der Waals surface area contributed by atoms with Crippen LogP contribution in [-0.4, -0.2) is 47.5 Å². The molecule has 2 aromatic rings. The summed E-state index contributed by atoms with van der Waals surface area (Å²) < 4.78 is 5.90. The molecule has 1 amide bonds. The second-order valence-corrected chi connectivity index (χ2v) is 8.88. The Hall–Kier alpha value is -3.03. The number of benzene rings is 2. The van der Waals surface area contributed by atoms with Crippen LogP contribution in [0, 0.1) is 0 Å². The summed E-state index contributed by atoms with van der Waals surface area (Å²) in [6.45, 7) is 7.51. The molecule has 1 saturated heterocycles. The average Bonchev–Trinajstić information content (AvgIpc) is 3.14. The lowest BCUT2D eigenvalue weighted by Crippen LogP contribution is -2.29. The summed E-state index contributed by atoms with van der Waals surface area (Å²) in [5.74, 6) is 1.70. The van der Waals surface area contributed by atoms with Gasteiger partial charge in [-0.2, -0.15) is 0 Å². The van der Waals surface area contributed by atoms with Gasteiger partial charge in [0.1, 0.15) is 18.2 Å². The number of aliphatic hydroxyl groups is 1. The molecule has 3 rings (SSSR count). The van der Waals surface area contributed by atoms with Crippen LogP contribution in [-0.2, 0) is 0 Å². The molecule has 6 nitrogen and oxygen atoms in total. The first-order valence-electron chi connectivity index (χ1n) is 11.0. The second-order valence-electron chi connectivity index (χ2n) is 7.83. The Morgan fingerprint density at radius 2 is 1.88 bits per heavy atom. The minimum Gasteiger partial charge on any atom is -0.492 e. The predicted molar refractivity (Wildman–Crippen MR) is 137 cm³/mol. The predicted octanol–water partition coefficient (Wildman–Crippen LogP) is 5.37. The fourth-order valence-electron chi connectivity index (χ4n) is 3.19. The number of amides is 1. The third-order valence-corrected chi connectivity index (χ3v) is 6.31. The summed E-state index contributed by atoms with van der Waals surface area (Å²) >= 11 is 1.01. The fourth-order valence-corrected chi connectivity index (χ4v) is 3.94. The summed E-state index contributed by atoms with van der Waals surface area (Å²) in [5.41, 5.74) is 4.30. The number of nitrogens with one attached hydrogen (secondary N) is 1. The highest BCUT2D eigenvalue weighted by molar-refractivity contribution is 8.17. The van der Waals surface area contributed by atoms with Crippen LogP contribution in [0.4, 0.5) is 4.79 Å². The minimum atomic E-state index is -0.933. The molecule has 33 heavy (non-hydrogen) atoms. The van der Waals surface area contributed by atoms with E-state index in [9.17, 15) is 9.90 Å². The molecular weight excluding hydrogens is 434 g/mol. The van der Waals surface area contributed by atoms with Gasteiger partial charge in [-0.15, -0.1) is 0 Å². The van der Waals surface area contributed by atoms with Gasteiger partial charge in [-0.1, -0.05) is 49.4 Å². The third kappa shape index (κ3) is 6.97. The van der Waals surface area contributed by atoms with Crippen LogP contribution in [0.2, 0.25) is 0 Å². The van der Waals surface area contributed by atoms with Gasteiger partial charge in [0.25, 0.3) is 5.24 Å². The van der Waals surface area contributed by atoms with E-state index in [1.54, 1.807) is 6.08 Å². The Bertz CT molecular complexity index is 1050. The van der Waals surface area contributed by atoms with Gasteiger partial charge in [-0.05, 0) is 61.4 Å². The van der Waals surface area contributed by atoms with Crippen LogP contribution in [0.5, 0.6) is 5.75 Å². The zero-order valence-electron chi connectivity index (χ0n) is 19.5. The molecule has 1 fully saturated rings. The maximum absolute atomic E-state index is 11.3. The van der Waals surface area contributed by atoms with Crippen molar-refractivity contribution in [2.24, 2.45) is 4.99 Å². The number of likely N-dealkylation sites (N-methyl/N-ethyl adjacent to an activating group) is 1. The number of aliphatic hydroxyl groups excluding tert-OH is 1.